The maximum absolute atomic E-state index is 13.2. The van der Waals surface area contributed by atoms with E-state index in [0.29, 0.717) is 33.9 Å². The lowest BCUT2D eigenvalue weighted by Gasteiger charge is -2.31. The Morgan fingerprint density at radius 2 is 1.53 bits per heavy atom. The van der Waals surface area contributed by atoms with Crippen molar-refractivity contribution < 1.29 is 13.2 Å². The molecule has 6 nitrogen and oxygen atoms in total. The number of carbonyl (C=O) groups excluding carboxylic acids is 1. The van der Waals surface area contributed by atoms with Gasteiger partial charge in [-0.15, -0.1) is 11.3 Å². The van der Waals surface area contributed by atoms with E-state index >= 15 is 0 Å². The van der Waals surface area contributed by atoms with E-state index in [1.165, 1.54) is 75.5 Å². The number of piperidine rings is 1. The molecule has 0 aliphatic carbocycles. The van der Waals surface area contributed by atoms with E-state index in [1.54, 1.807) is 40.7 Å². The summed E-state index contributed by atoms with van der Waals surface area (Å²) in [5.41, 5.74) is 0.517. The van der Waals surface area contributed by atoms with Crippen LogP contribution in [0.25, 0.3) is 0 Å². The SMILES string of the molecule is CCCCCCCCCCCCNC1CCN(S(=O)(=O)c2ccc(CNC(=O)c3ccc(Cl)cc3)s2)CC1. The Kier molecular flexibility index (Phi) is 13.6. The van der Waals surface area contributed by atoms with Crippen LogP contribution < -0.4 is 10.6 Å². The highest BCUT2D eigenvalue weighted by Crippen LogP contribution is 2.27. The molecule has 1 aliphatic rings. The van der Waals surface area contributed by atoms with Crippen molar-refractivity contribution in [1.29, 1.82) is 0 Å². The molecule has 0 atom stereocenters. The number of hydrogen-bond donors (Lipinski definition) is 2. The average Bonchev–Trinajstić information content (AvgIpc) is 3.41. The van der Waals surface area contributed by atoms with Crippen LogP contribution in [0, 0.1) is 0 Å². The fourth-order valence-electron chi connectivity index (χ4n) is 4.81. The standard InChI is InChI=1S/C29H44ClN3O3S2/c1-2-3-4-5-6-7-8-9-10-11-20-31-26-18-21-33(22-19-26)38(35,36)28-17-16-27(37-28)23-32-29(34)24-12-14-25(30)15-13-24/h12-17,26,31H,2-11,18-23H2,1H3,(H,32,34). The molecule has 2 N–H and O–H groups in total. The second kappa shape index (κ2) is 16.6. The van der Waals surface area contributed by atoms with E-state index < -0.39 is 10.0 Å². The first-order valence-corrected chi connectivity index (χ1v) is 16.9. The van der Waals surface area contributed by atoms with Crippen LogP contribution >= 0.6 is 22.9 Å². The van der Waals surface area contributed by atoms with Crippen molar-refractivity contribution in [2.24, 2.45) is 0 Å². The molecule has 1 aromatic heterocycles. The molecule has 1 saturated heterocycles. The second-order valence-electron chi connectivity index (χ2n) is 10.2. The Labute approximate surface area is 238 Å². The number of halogens is 1. The van der Waals surface area contributed by atoms with Crippen molar-refractivity contribution in [3.05, 3.63) is 51.9 Å². The van der Waals surface area contributed by atoms with Gasteiger partial charge in [-0.1, -0.05) is 76.3 Å². The summed E-state index contributed by atoms with van der Waals surface area (Å²) >= 11 is 7.10. The molecule has 1 aromatic carbocycles. The van der Waals surface area contributed by atoms with Gasteiger partial charge < -0.3 is 10.6 Å². The van der Waals surface area contributed by atoms with Crippen molar-refractivity contribution in [2.75, 3.05) is 19.6 Å². The largest absolute Gasteiger partial charge is 0.347 e. The Morgan fingerprint density at radius 3 is 2.16 bits per heavy atom. The third kappa shape index (κ3) is 10.3. The van der Waals surface area contributed by atoms with Crippen LogP contribution in [0.5, 0.6) is 0 Å². The molecule has 1 amide bonds. The Morgan fingerprint density at radius 1 is 0.921 bits per heavy atom. The fourth-order valence-corrected chi connectivity index (χ4v) is 7.85. The van der Waals surface area contributed by atoms with Gasteiger partial charge in [0.25, 0.3) is 15.9 Å². The number of rotatable bonds is 17. The minimum absolute atomic E-state index is 0.216. The van der Waals surface area contributed by atoms with Crippen LogP contribution in [0.1, 0.15) is 99.2 Å². The molecule has 3 rings (SSSR count). The first-order chi connectivity index (χ1) is 18.4. The van der Waals surface area contributed by atoms with Crippen molar-refractivity contribution in [2.45, 2.75) is 101 Å². The summed E-state index contributed by atoms with van der Waals surface area (Å²) in [4.78, 5) is 13.1. The Balaban J connectivity index is 1.31. The number of sulfonamides is 1. The molecule has 0 spiro atoms. The normalized spacial score (nSPS) is 15.1. The number of hydrogen-bond acceptors (Lipinski definition) is 5. The number of nitrogens with one attached hydrogen (secondary N) is 2. The lowest BCUT2D eigenvalue weighted by atomic mass is 10.1. The summed E-state index contributed by atoms with van der Waals surface area (Å²) < 4.78 is 28.3. The van der Waals surface area contributed by atoms with Crippen LogP contribution in [0.3, 0.4) is 0 Å². The summed E-state index contributed by atoms with van der Waals surface area (Å²) in [5.74, 6) is -0.216. The summed E-state index contributed by atoms with van der Waals surface area (Å²) in [5, 5.41) is 7.06. The molecule has 9 heteroatoms. The number of amides is 1. The maximum atomic E-state index is 13.2. The monoisotopic (exact) mass is 581 g/mol. The van der Waals surface area contributed by atoms with Gasteiger partial charge in [0.2, 0.25) is 0 Å². The minimum Gasteiger partial charge on any atom is -0.347 e. The van der Waals surface area contributed by atoms with Gasteiger partial charge in [-0.3, -0.25) is 4.79 Å². The van der Waals surface area contributed by atoms with Crippen LogP contribution in [-0.4, -0.2) is 44.3 Å². The van der Waals surface area contributed by atoms with Gasteiger partial charge in [-0.05, 0) is 62.2 Å². The van der Waals surface area contributed by atoms with Crippen molar-refractivity contribution in [3.63, 3.8) is 0 Å². The molecular weight excluding hydrogens is 538 g/mol. The average molecular weight is 582 g/mol. The highest BCUT2D eigenvalue weighted by Gasteiger charge is 2.30. The Hall–Kier alpha value is -1.45. The van der Waals surface area contributed by atoms with Gasteiger partial charge in [-0.2, -0.15) is 4.31 Å². The Bertz CT molecular complexity index is 1060. The summed E-state index contributed by atoms with van der Waals surface area (Å²) in [6.07, 6.45) is 15.0. The third-order valence-electron chi connectivity index (χ3n) is 7.18. The van der Waals surface area contributed by atoms with Crippen LogP contribution in [-0.2, 0) is 16.6 Å². The molecule has 0 saturated carbocycles. The molecule has 2 heterocycles. The highest BCUT2D eigenvalue weighted by atomic mass is 35.5. The first kappa shape index (κ1) is 31.1. The van der Waals surface area contributed by atoms with Crippen molar-refractivity contribution >= 4 is 38.9 Å². The molecular formula is C29H44ClN3O3S2. The zero-order valence-corrected chi connectivity index (χ0v) is 25.1. The lowest BCUT2D eigenvalue weighted by molar-refractivity contribution is 0.0951. The zero-order chi connectivity index (χ0) is 27.2. The predicted octanol–water partition coefficient (Wildman–Crippen LogP) is 7.00. The van der Waals surface area contributed by atoms with E-state index in [4.69, 9.17) is 11.6 Å². The summed E-state index contributed by atoms with van der Waals surface area (Å²) in [6, 6.07) is 10.5. The predicted molar refractivity (Wildman–Crippen MR) is 159 cm³/mol. The highest BCUT2D eigenvalue weighted by molar-refractivity contribution is 7.91. The van der Waals surface area contributed by atoms with E-state index in [1.807, 2.05) is 0 Å². The number of carbonyl (C=O) groups is 1. The van der Waals surface area contributed by atoms with E-state index in [2.05, 4.69) is 17.6 Å². The van der Waals surface area contributed by atoms with Gasteiger partial charge in [0, 0.05) is 34.6 Å². The molecule has 0 radical (unpaired) electrons. The number of unbranched alkanes of at least 4 members (excludes halogenated alkanes) is 9. The van der Waals surface area contributed by atoms with Gasteiger partial charge in [0.05, 0.1) is 6.54 Å². The first-order valence-electron chi connectivity index (χ1n) is 14.3. The molecule has 1 aliphatic heterocycles. The maximum Gasteiger partial charge on any atom is 0.252 e. The van der Waals surface area contributed by atoms with Crippen LogP contribution in [0.15, 0.2) is 40.6 Å². The molecule has 0 unspecified atom stereocenters. The van der Waals surface area contributed by atoms with Gasteiger partial charge in [0.1, 0.15) is 4.21 Å². The number of benzene rings is 1. The van der Waals surface area contributed by atoms with Crippen molar-refractivity contribution in [1.82, 2.24) is 14.9 Å². The van der Waals surface area contributed by atoms with Gasteiger partial charge in [0.15, 0.2) is 0 Å². The fraction of sp³-hybridized carbons (Fsp3) is 0.621. The smallest absolute Gasteiger partial charge is 0.252 e. The van der Waals surface area contributed by atoms with Crippen LogP contribution in [0.4, 0.5) is 0 Å². The summed E-state index contributed by atoms with van der Waals surface area (Å²) in [7, 11) is -3.51. The van der Waals surface area contributed by atoms with Gasteiger partial charge >= 0.3 is 0 Å². The number of nitrogens with zero attached hydrogens (tertiary/aromatic N) is 1. The quantitative estimate of drug-likeness (QED) is 0.197. The third-order valence-corrected chi connectivity index (χ3v) is 10.9. The summed E-state index contributed by atoms with van der Waals surface area (Å²) in [6.45, 7) is 4.64. The molecule has 2 aromatic rings. The number of thiophene rings is 1. The minimum atomic E-state index is -3.51. The van der Waals surface area contributed by atoms with E-state index in [0.717, 1.165) is 24.3 Å². The lowest BCUT2D eigenvalue weighted by Crippen LogP contribution is -2.44. The zero-order valence-electron chi connectivity index (χ0n) is 22.7. The van der Waals surface area contributed by atoms with Crippen molar-refractivity contribution in [3.8, 4) is 0 Å². The molecule has 212 valence electrons. The second-order valence-corrected chi connectivity index (χ2v) is 14.0. The van der Waals surface area contributed by atoms with E-state index in [9.17, 15) is 13.2 Å². The molecule has 38 heavy (non-hydrogen) atoms. The van der Waals surface area contributed by atoms with E-state index in [-0.39, 0.29) is 12.5 Å². The topological polar surface area (TPSA) is 78.5 Å². The molecule has 1 fully saturated rings. The van der Waals surface area contributed by atoms with Gasteiger partial charge in [-0.25, -0.2) is 8.42 Å². The molecule has 0 bridgehead atoms. The van der Waals surface area contributed by atoms with Crippen LogP contribution in [0.2, 0.25) is 5.02 Å².